The van der Waals surface area contributed by atoms with E-state index in [-0.39, 0.29) is 11.5 Å². The van der Waals surface area contributed by atoms with E-state index in [9.17, 15) is 8.78 Å². The summed E-state index contributed by atoms with van der Waals surface area (Å²) in [6.45, 7) is 2.96. The van der Waals surface area contributed by atoms with Crippen LogP contribution in [0, 0.1) is 0 Å². The number of halogens is 2. The number of rotatable bonds is 5. The molecular weight excluding hydrogens is 280 g/mol. The van der Waals surface area contributed by atoms with E-state index in [1.807, 2.05) is 10.8 Å². The Hall–Kier alpha value is -2.31. The molecule has 7 heteroatoms. The highest BCUT2D eigenvalue weighted by Gasteiger charge is 2.43. The molecule has 1 aliphatic rings. The average molecular weight is 295 g/mol. The molecule has 1 N–H and O–H groups in total. The third-order valence-corrected chi connectivity index (χ3v) is 3.13. The van der Waals surface area contributed by atoms with E-state index in [1.54, 1.807) is 12.3 Å². The smallest absolute Gasteiger partial charge is 0.395 e. The Bertz CT molecular complexity index is 643. The lowest BCUT2D eigenvalue weighted by atomic mass is 10.3. The minimum atomic E-state index is -3.60. The number of benzene rings is 1. The second-order valence-electron chi connectivity index (χ2n) is 4.75. The molecule has 112 valence electrons. The summed E-state index contributed by atoms with van der Waals surface area (Å²) >= 11 is 0. The zero-order valence-electron chi connectivity index (χ0n) is 11.5. The molecular formula is C14H15F2N3O2. The Kier molecular flexibility index (Phi) is 3.40. The Morgan fingerprint density at radius 1 is 1.29 bits per heavy atom. The number of ether oxygens (including phenoxy) is 2. The third kappa shape index (κ3) is 2.91. The summed E-state index contributed by atoms with van der Waals surface area (Å²) in [6, 6.07) is 4.55. The summed E-state index contributed by atoms with van der Waals surface area (Å²) in [5.74, 6) is 0.700. The first-order valence-electron chi connectivity index (χ1n) is 6.75. The van der Waals surface area contributed by atoms with Crippen LogP contribution in [0.5, 0.6) is 11.5 Å². The molecule has 1 aromatic carbocycles. The molecule has 0 spiro atoms. The van der Waals surface area contributed by atoms with Gasteiger partial charge in [0.1, 0.15) is 0 Å². The van der Waals surface area contributed by atoms with Gasteiger partial charge in [0.25, 0.3) is 0 Å². The number of hydrogen-bond donors (Lipinski definition) is 1. The van der Waals surface area contributed by atoms with Gasteiger partial charge in [-0.25, -0.2) is 4.98 Å². The molecule has 0 unspecified atom stereocenters. The summed E-state index contributed by atoms with van der Waals surface area (Å²) in [5, 5.41) is 3.09. The number of aryl methyl sites for hydroxylation is 1. The zero-order valence-corrected chi connectivity index (χ0v) is 11.5. The van der Waals surface area contributed by atoms with Crippen LogP contribution < -0.4 is 14.8 Å². The standard InChI is InChI=1S/C14H15F2N3O2/c1-2-3-7-19-8-6-17-13(19)18-10-4-5-11-12(9-10)21-14(15,16)20-11/h4-6,8-9H,2-3,7H2,1H3,(H,17,18). The predicted molar refractivity (Wildman–Crippen MR) is 73.1 cm³/mol. The van der Waals surface area contributed by atoms with Crippen molar-refractivity contribution in [2.45, 2.75) is 32.6 Å². The fraction of sp³-hybridized carbons (Fsp3) is 0.357. The van der Waals surface area contributed by atoms with Crippen LogP contribution in [0.25, 0.3) is 0 Å². The maximum atomic E-state index is 13.0. The van der Waals surface area contributed by atoms with E-state index in [4.69, 9.17) is 0 Å². The van der Waals surface area contributed by atoms with Gasteiger partial charge in [0.05, 0.1) is 0 Å². The summed E-state index contributed by atoms with van der Waals surface area (Å²) in [6.07, 6.45) is 2.09. The summed E-state index contributed by atoms with van der Waals surface area (Å²) < 4.78 is 36.7. The molecule has 0 saturated carbocycles. The Labute approximate surface area is 120 Å². The van der Waals surface area contributed by atoms with Gasteiger partial charge in [-0.3, -0.25) is 0 Å². The fourth-order valence-electron chi connectivity index (χ4n) is 2.10. The van der Waals surface area contributed by atoms with Crippen LogP contribution in [0.15, 0.2) is 30.6 Å². The number of aromatic nitrogens is 2. The monoisotopic (exact) mass is 295 g/mol. The van der Waals surface area contributed by atoms with Crippen LogP contribution in [-0.2, 0) is 6.54 Å². The Morgan fingerprint density at radius 2 is 2.10 bits per heavy atom. The number of unbranched alkanes of at least 4 members (excludes halogenated alkanes) is 1. The second kappa shape index (κ2) is 5.23. The van der Waals surface area contributed by atoms with Crippen molar-refractivity contribution in [3.63, 3.8) is 0 Å². The predicted octanol–water partition coefficient (Wildman–Crippen LogP) is 3.75. The number of hydrogen-bond acceptors (Lipinski definition) is 4. The SMILES string of the molecule is CCCCn1ccnc1Nc1ccc2c(c1)OC(F)(F)O2. The lowest BCUT2D eigenvalue weighted by molar-refractivity contribution is -0.286. The normalized spacial score (nSPS) is 15.2. The molecule has 1 aliphatic heterocycles. The maximum absolute atomic E-state index is 13.0. The number of nitrogens with one attached hydrogen (secondary N) is 1. The van der Waals surface area contributed by atoms with Gasteiger partial charge in [0.15, 0.2) is 11.5 Å². The molecule has 2 heterocycles. The molecule has 3 rings (SSSR count). The van der Waals surface area contributed by atoms with E-state index in [0.717, 1.165) is 19.4 Å². The number of imidazole rings is 1. The minimum Gasteiger partial charge on any atom is -0.395 e. The van der Waals surface area contributed by atoms with Gasteiger partial charge < -0.3 is 19.4 Å². The first-order valence-corrected chi connectivity index (χ1v) is 6.75. The van der Waals surface area contributed by atoms with Crippen molar-refractivity contribution in [3.05, 3.63) is 30.6 Å². The van der Waals surface area contributed by atoms with Gasteiger partial charge in [0, 0.05) is 30.7 Å². The van der Waals surface area contributed by atoms with Crippen molar-refractivity contribution in [1.29, 1.82) is 0 Å². The van der Waals surface area contributed by atoms with Crippen molar-refractivity contribution < 1.29 is 18.3 Å². The fourth-order valence-corrected chi connectivity index (χ4v) is 2.10. The van der Waals surface area contributed by atoms with Gasteiger partial charge in [0.2, 0.25) is 5.95 Å². The molecule has 0 atom stereocenters. The van der Waals surface area contributed by atoms with Gasteiger partial charge in [-0.2, -0.15) is 0 Å². The van der Waals surface area contributed by atoms with E-state index < -0.39 is 6.29 Å². The Morgan fingerprint density at radius 3 is 2.90 bits per heavy atom. The molecule has 0 saturated heterocycles. The molecule has 0 amide bonds. The van der Waals surface area contributed by atoms with Crippen LogP contribution in [-0.4, -0.2) is 15.8 Å². The highest BCUT2D eigenvalue weighted by molar-refractivity contribution is 5.60. The van der Waals surface area contributed by atoms with E-state index >= 15 is 0 Å². The summed E-state index contributed by atoms with van der Waals surface area (Å²) in [4.78, 5) is 4.22. The molecule has 2 aromatic rings. The van der Waals surface area contributed by atoms with Crippen LogP contribution in [0.1, 0.15) is 19.8 Å². The molecule has 5 nitrogen and oxygen atoms in total. The highest BCUT2D eigenvalue weighted by Crippen LogP contribution is 2.42. The second-order valence-corrected chi connectivity index (χ2v) is 4.75. The lowest BCUT2D eigenvalue weighted by Gasteiger charge is -2.09. The molecule has 0 fully saturated rings. The molecule has 1 aromatic heterocycles. The van der Waals surface area contributed by atoms with Crippen molar-refractivity contribution >= 4 is 11.6 Å². The first-order chi connectivity index (χ1) is 10.1. The average Bonchev–Trinajstić information content (AvgIpc) is 2.98. The van der Waals surface area contributed by atoms with Crippen LogP contribution in [0.4, 0.5) is 20.4 Å². The largest absolute Gasteiger partial charge is 0.586 e. The molecule has 0 bridgehead atoms. The van der Waals surface area contributed by atoms with Crippen molar-refractivity contribution in [2.75, 3.05) is 5.32 Å². The topological polar surface area (TPSA) is 48.3 Å². The minimum absolute atomic E-state index is 0.0108. The quantitative estimate of drug-likeness (QED) is 0.912. The molecule has 0 aliphatic carbocycles. The number of anilines is 2. The summed E-state index contributed by atoms with van der Waals surface area (Å²) in [5.41, 5.74) is 0.610. The zero-order chi connectivity index (χ0) is 14.9. The van der Waals surface area contributed by atoms with E-state index in [0.29, 0.717) is 11.6 Å². The first kappa shape index (κ1) is 13.7. The third-order valence-electron chi connectivity index (χ3n) is 3.13. The van der Waals surface area contributed by atoms with Gasteiger partial charge in [-0.15, -0.1) is 8.78 Å². The van der Waals surface area contributed by atoms with Gasteiger partial charge >= 0.3 is 6.29 Å². The van der Waals surface area contributed by atoms with Gasteiger partial charge in [-0.05, 0) is 18.6 Å². The molecule has 0 radical (unpaired) electrons. The van der Waals surface area contributed by atoms with E-state index in [2.05, 4.69) is 26.7 Å². The van der Waals surface area contributed by atoms with Crippen LogP contribution >= 0.6 is 0 Å². The van der Waals surface area contributed by atoms with Crippen molar-refractivity contribution in [2.24, 2.45) is 0 Å². The maximum Gasteiger partial charge on any atom is 0.586 e. The van der Waals surface area contributed by atoms with Crippen LogP contribution in [0.2, 0.25) is 0 Å². The number of fused-ring (bicyclic) bond motifs is 1. The van der Waals surface area contributed by atoms with Gasteiger partial charge in [-0.1, -0.05) is 13.3 Å². The summed E-state index contributed by atoms with van der Waals surface area (Å²) in [7, 11) is 0. The number of nitrogens with zero attached hydrogens (tertiary/aromatic N) is 2. The van der Waals surface area contributed by atoms with Crippen LogP contribution in [0.3, 0.4) is 0 Å². The molecule has 21 heavy (non-hydrogen) atoms. The number of alkyl halides is 2. The van der Waals surface area contributed by atoms with E-state index in [1.165, 1.54) is 12.1 Å². The lowest BCUT2D eigenvalue weighted by Crippen LogP contribution is -2.25. The highest BCUT2D eigenvalue weighted by atomic mass is 19.3. The Balaban J connectivity index is 1.76. The van der Waals surface area contributed by atoms with Crippen molar-refractivity contribution in [3.8, 4) is 11.5 Å². The van der Waals surface area contributed by atoms with Crippen molar-refractivity contribution in [1.82, 2.24) is 9.55 Å².